The van der Waals surface area contributed by atoms with Crippen LogP contribution in [0.25, 0.3) is 11.5 Å². The SMILES string of the molecule is Nc1ncc(SCc2nnc(-c3ccc(Br)cc3)o2)s1. The predicted molar refractivity (Wildman–Crippen MR) is 83.5 cm³/mol. The summed E-state index contributed by atoms with van der Waals surface area (Å²) in [6.07, 6.45) is 1.75. The molecule has 0 fully saturated rings. The van der Waals surface area contributed by atoms with Crippen molar-refractivity contribution in [2.75, 3.05) is 5.73 Å². The Hall–Kier alpha value is -1.38. The third-order valence-corrected chi connectivity index (χ3v) is 4.93. The van der Waals surface area contributed by atoms with Crippen LogP contribution in [0.5, 0.6) is 0 Å². The lowest BCUT2D eigenvalue weighted by atomic mass is 10.2. The molecule has 0 amide bonds. The summed E-state index contributed by atoms with van der Waals surface area (Å²) in [4.78, 5) is 3.99. The van der Waals surface area contributed by atoms with Crippen molar-refractivity contribution in [3.05, 3.63) is 40.8 Å². The molecule has 0 spiro atoms. The number of thiazole rings is 1. The average Bonchev–Trinajstić information content (AvgIpc) is 3.06. The van der Waals surface area contributed by atoms with Gasteiger partial charge in [-0.15, -0.1) is 22.0 Å². The Bertz CT molecular complexity index is 710. The number of benzene rings is 1. The molecule has 1 aromatic carbocycles. The van der Waals surface area contributed by atoms with Gasteiger partial charge < -0.3 is 10.2 Å². The Morgan fingerprint density at radius 2 is 2.05 bits per heavy atom. The third kappa shape index (κ3) is 3.20. The number of hydrogen-bond donors (Lipinski definition) is 1. The van der Waals surface area contributed by atoms with Crippen LogP contribution in [0.1, 0.15) is 5.89 Å². The maximum Gasteiger partial charge on any atom is 0.247 e. The zero-order chi connectivity index (χ0) is 13.9. The van der Waals surface area contributed by atoms with E-state index in [9.17, 15) is 0 Å². The van der Waals surface area contributed by atoms with Gasteiger partial charge in [0.25, 0.3) is 0 Å². The Morgan fingerprint density at radius 1 is 1.25 bits per heavy atom. The number of aromatic nitrogens is 3. The second-order valence-corrected chi connectivity index (χ2v) is 7.07. The Labute approximate surface area is 131 Å². The molecule has 0 bridgehead atoms. The molecule has 3 aromatic rings. The summed E-state index contributed by atoms with van der Waals surface area (Å²) in [5.74, 6) is 1.71. The van der Waals surface area contributed by atoms with Crippen molar-refractivity contribution in [3.8, 4) is 11.5 Å². The smallest absolute Gasteiger partial charge is 0.247 e. The van der Waals surface area contributed by atoms with Gasteiger partial charge in [0.05, 0.1) is 16.2 Å². The lowest BCUT2D eigenvalue weighted by Gasteiger charge is -1.94. The fourth-order valence-electron chi connectivity index (χ4n) is 1.49. The quantitative estimate of drug-likeness (QED) is 0.705. The molecule has 2 aromatic heterocycles. The molecule has 0 saturated heterocycles. The fraction of sp³-hybridized carbons (Fsp3) is 0.0833. The van der Waals surface area contributed by atoms with Crippen LogP contribution in [0.2, 0.25) is 0 Å². The van der Waals surface area contributed by atoms with Gasteiger partial charge in [0.1, 0.15) is 0 Å². The van der Waals surface area contributed by atoms with E-state index in [2.05, 4.69) is 31.1 Å². The molecule has 0 saturated carbocycles. The van der Waals surface area contributed by atoms with Gasteiger partial charge in [0.15, 0.2) is 5.13 Å². The van der Waals surface area contributed by atoms with E-state index >= 15 is 0 Å². The number of halogens is 1. The van der Waals surface area contributed by atoms with Gasteiger partial charge in [-0.25, -0.2) is 4.98 Å². The number of thioether (sulfide) groups is 1. The summed E-state index contributed by atoms with van der Waals surface area (Å²) in [6.45, 7) is 0. The van der Waals surface area contributed by atoms with Crippen LogP contribution in [0.15, 0.2) is 43.6 Å². The van der Waals surface area contributed by atoms with E-state index in [1.165, 1.54) is 11.3 Å². The third-order valence-electron chi connectivity index (χ3n) is 2.40. The van der Waals surface area contributed by atoms with E-state index in [1.54, 1.807) is 18.0 Å². The van der Waals surface area contributed by atoms with Crippen LogP contribution in [0.3, 0.4) is 0 Å². The van der Waals surface area contributed by atoms with E-state index in [0.29, 0.717) is 22.7 Å². The van der Waals surface area contributed by atoms with E-state index in [4.69, 9.17) is 10.2 Å². The molecule has 2 N–H and O–H groups in total. The normalized spacial score (nSPS) is 10.8. The van der Waals surface area contributed by atoms with Gasteiger partial charge in [-0.3, -0.25) is 0 Å². The van der Waals surface area contributed by atoms with Crippen molar-refractivity contribution < 1.29 is 4.42 Å². The first-order chi connectivity index (χ1) is 9.70. The average molecular weight is 369 g/mol. The highest BCUT2D eigenvalue weighted by Crippen LogP contribution is 2.29. The predicted octanol–water partition coefficient (Wildman–Crippen LogP) is 3.83. The maximum absolute atomic E-state index is 5.63. The highest BCUT2D eigenvalue weighted by atomic mass is 79.9. The van der Waals surface area contributed by atoms with Crippen LogP contribution >= 0.6 is 39.0 Å². The second-order valence-electron chi connectivity index (χ2n) is 3.81. The summed E-state index contributed by atoms with van der Waals surface area (Å²) in [6, 6.07) is 7.74. The molecule has 0 radical (unpaired) electrons. The zero-order valence-electron chi connectivity index (χ0n) is 10.1. The zero-order valence-corrected chi connectivity index (χ0v) is 13.3. The van der Waals surface area contributed by atoms with Gasteiger partial charge in [-0.05, 0) is 24.3 Å². The maximum atomic E-state index is 5.63. The number of hydrogen-bond acceptors (Lipinski definition) is 7. The standard InChI is InChI=1S/C12H9BrN4OS2/c13-8-3-1-7(2-4-8)11-17-16-9(18-11)6-19-10-5-15-12(14)20-10/h1-5H,6H2,(H2,14,15). The molecular formula is C12H9BrN4OS2. The van der Waals surface area contributed by atoms with Gasteiger partial charge in [0.2, 0.25) is 11.8 Å². The van der Waals surface area contributed by atoms with Crippen LogP contribution in [-0.2, 0) is 5.75 Å². The molecule has 8 heteroatoms. The first kappa shape index (κ1) is 13.6. The second kappa shape index (κ2) is 5.94. The number of rotatable bonds is 4. The molecule has 0 unspecified atom stereocenters. The Balaban J connectivity index is 1.69. The molecule has 102 valence electrons. The molecule has 0 atom stereocenters. The largest absolute Gasteiger partial charge is 0.420 e. The number of nitrogen functional groups attached to an aromatic ring is 1. The Morgan fingerprint density at radius 3 is 2.75 bits per heavy atom. The van der Waals surface area contributed by atoms with Crippen molar-refractivity contribution in [1.29, 1.82) is 0 Å². The van der Waals surface area contributed by atoms with Gasteiger partial charge in [0, 0.05) is 10.0 Å². The van der Waals surface area contributed by atoms with E-state index in [0.717, 1.165) is 14.2 Å². The topological polar surface area (TPSA) is 77.8 Å². The lowest BCUT2D eigenvalue weighted by molar-refractivity contribution is 0.528. The first-order valence-electron chi connectivity index (χ1n) is 5.63. The van der Waals surface area contributed by atoms with Crippen LogP contribution in [0.4, 0.5) is 5.13 Å². The molecular weight excluding hydrogens is 360 g/mol. The number of nitrogens with two attached hydrogens (primary N) is 1. The van der Waals surface area contributed by atoms with Crippen molar-refractivity contribution in [3.63, 3.8) is 0 Å². The summed E-state index contributed by atoms with van der Waals surface area (Å²) < 4.78 is 7.68. The Kier molecular flexibility index (Phi) is 4.04. The van der Waals surface area contributed by atoms with Gasteiger partial charge in [-0.2, -0.15) is 0 Å². The van der Waals surface area contributed by atoms with Crippen molar-refractivity contribution in [2.24, 2.45) is 0 Å². The summed E-state index contributed by atoms with van der Waals surface area (Å²) in [5.41, 5.74) is 6.48. The van der Waals surface area contributed by atoms with E-state index < -0.39 is 0 Å². The van der Waals surface area contributed by atoms with Crippen LogP contribution < -0.4 is 5.73 Å². The molecule has 0 aliphatic heterocycles. The minimum absolute atomic E-state index is 0.525. The number of nitrogens with zero attached hydrogens (tertiary/aromatic N) is 3. The minimum Gasteiger partial charge on any atom is -0.420 e. The van der Waals surface area contributed by atoms with Crippen LogP contribution in [-0.4, -0.2) is 15.2 Å². The van der Waals surface area contributed by atoms with Gasteiger partial charge >= 0.3 is 0 Å². The summed E-state index contributed by atoms with van der Waals surface area (Å²) in [5, 5.41) is 8.66. The van der Waals surface area contributed by atoms with Crippen LogP contribution in [0, 0.1) is 0 Å². The van der Waals surface area contributed by atoms with E-state index in [-0.39, 0.29) is 0 Å². The fourth-order valence-corrected chi connectivity index (χ4v) is 3.35. The van der Waals surface area contributed by atoms with Gasteiger partial charge in [-0.1, -0.05) is 27.3 Å². The monoisotopic (exact) mass is 368 g/mol. The van der Waals surface area contributed by atoms with Crippen molar-refractivity contribution >= 4 is 44.2 Å². The number of anilines is 1. The first-order valence-corrected chi connectivity index (χ1v) is 8.22. The minimum atomic E-state index is 0.525. The summed E-state index contributed by atoms with van der Waals surface area (Å²) >= 11 is 6.41. The molecule has 5 nitrogen and oxygen atoms in total. The molecule has 0 aliphatic carbocycles. The van der Waals surface area contributed by atoms with Crippen molar-refractivity contribution in [2.45, 2.75) is 9.96 Å². The highest BCUT2D eigenvalue weighted by Gasteiger charge is 2.09. The highest BCUT2D eigenvalue weighted by molar-refractivity contribution is 9.10. The lowest BCUT2D eigenvalue weighted by Crippen LogP contribution is -1.78. The van der Waals surface area contributed by atoms with Crippen molar-refractivity contribution in [1.82, 2.24) is 15.2 Å². The summed E-state index contributed by atoms with van der Waals surface area (Å²) in [7, 11) is 0. The molecule has 20 heavy (non-hydrogen) atoms. The molecule has 2 heterocycles. The molecule has 3 rings (SSSR count). The molecule has 0 aliphatic rings. The van der Waals surface area contributed by atoms with E-state index in [1.807, 2.05) is 24.3 Å².